The lowest BCUT2D eigenvalue weighted by Gasteiger charge is -2.20. The fraction of sp³-hybridized carbons (Fsp3) is 0.786. The van der Waals surface area contributed by atoms with Crippen LogP contribution in [-0.4, -0.2) is 11.6 Å². The maximum absolute atomic E-state index is 11.6. The number of unbranched alkanes of at least 4 members (excludes halogenated alkanes) is 1. The van der Waals surface area contributed by atoms with Gasteiger partial charge in [-0.3, -0.25) is 0 Å². The first-order valence-corrected chi connectivity index (χ1v) is 6.13. The van der Waals surface area contributed by atoms with Crippen LogP contribution in [0.1, 0.15) is 60.3 Å². The van der Waals surface area contributed by atoms with E-state index >= 15 is 0 Å². The number of hydrogen-bond acceptors (Lipinski definition) is 2. The second-order valence-corrected chi connectivity index (χ2v) is 5.75. The third-order valence-electron chi connectivity index (χ3n) is 2.20. The van der Waals surface area contributed by atoms with Gasteiger partial charge in [0.25, 0.3) is 0 Å². The molecule has 0 aliphatic heterocycles. The van der Waals surface area contributed by atoms with Gasteiger partial charge >= 0.3 is 5.97 Å². The number of esters is 1. The highest BCUT2D eigenvalue weighted by molar-refractivity contribution is 5.87. The fourth-order valence-corrected chi connectivity index (χ4v) is 1.34. The van der Waals surface area contributed by atoms with E-state index in [1.54, 1.807) is 0 Å². The van der Waals surface area contributed by atoms with Gasteiger partial charge in [0, 0.05) is 5.57 Å². The lowest BCUT2D eigenvalue weighted by Crippen LogP contribution is -2.24. The van der Waals surface area contributed by atoms with Crippen molar-refractivity contribution in [2.24, 2.45) is 5.92 Å². The third-order valence-corrected chi connectivity index (χ3v) is 2.20. The maximum Gasteiger partial charge on any atom is 0.333 e. The molecule has 0 unspecified atom stereocenters. The SMILES string of the molecule is C=C(CCCCC(C)C)C(=O)OC(C)(C)C. The topological polar surface area (TPSA) is 26.3 Å². The van der Waals surface area contributed by atoms with Gasteiger partial charge in [-0.15, -0.1) is 0 Å². The largest absolute Gasteiger partial charge is 0.457 e. The van der Waals surface area contributed by atoms with Crippen LogP contribution < -0.4 is 0 Å². The van der Waals surface area contributed by atoms with Gasteiger partial charge in [-0.2, -0.15) is 0 Å². The minimum atomic E-state index is -0.419. The summed E-state index contributed by atoms with van der Waals surface area (Å²) in [6, 6.07) is 0. The van der Waals surface area contributed by atoms with Crippen molar-refractivity contribution in [3.05, 3.63) is 12.2 Å². The fourth-order valence-electron chi connectivity index (χ4n) is 1.34. The Morgan fingerprint density at radius 2 is 1.81 bits per heavy atom. The molecule has 0 rings (SSSR count). The molecule has 0 bridgehead atoms. The van der Waals surface area contributed by atoms with Crippen LogP contribution in [-0.2, 0) is 9.53 Å². The van der Waals surface area contributed by atoms with Crippen LogP contribution >= 0.6 is 0 Å². The number of rotatable bonds is 6. The molecule has 0 aliphatic carbocycles. The molecule has 0 aliphatic rings. The molecule has 0 aromatic heterocycles. The first kappa shape index (κ1) is 15.2. The van der Waals surface area contributed by atoms with E-state index in [0.29, 0.717) is 5.57 Å². The quantitative estimate of drug-likeness (QED) is 0.387. The van der Waals surface area contributed by atoms with Gasteiger partial charge in [0.05, 0.1) is 0 Å². The molecule has 16 heavy (non-hydrogen) atoms. The van der Waals surface area contributed by atoms with Crippen LogP contribution in [0.3, 0.4) is 0 Å². The van der Waals surface area contributed by atoms with E-state index in [9.17, 15) is 4.79 Å². The first-order chi connectivity index (χ1) is 7.22. The molecule has 0 spiro atoms. The summed E-state index contributed by atoms with van der Waals surface area (Å²) in [5.74, 6) is 0.479. The van der Waals surface area contributed by atoms with Crippen molar-refractivity contribution < 1.29 is 9.53 Å². The molecule has 0 saturated heterocycles. The molecule has 0 aromatic rings. The smallest absolute Gasteiger partial charge is 0.333 e. The van der Waals surface area contributed by atoms with Gasteiger partial charge in [-0.05, 0) is 39.5 Å². The summed E-state index contributed by atoms with van der Waals surface area (Å²) in [5.41, 5.74) is 0.177. The molecule has 0 atom stereocenters. The minimum Gasteiger partial charge on any atom is -0.457 e. The summed E-state index contributed by atoms with van der Waals surface area (Å²) >= 11 is 0. The zero-order valence-electron chi connectivity index (χ0n) is 11.4. The Bertz CT molecular complexity index is 234. The molecule has 0 saturated carbocycles. The Hall–Kier alpha value is -0.790. The maximum atomic E-state index is 11.6. The highest BCUT2D eigenvalue weighted by Crippen LogP contribution is 2.15. The Balaban J connectivity index is 3.77. The number of hydrogen-bond donors (Lipinski definition) is 0. The summed E-state index contributed by atoms with van der Waals surface area (Å²) in [4.78, 5) is 11.6. The molecule has 0 aromatic carbocycles. The summed E-state index contributed by atoms with van der Waals surface area (Å²) < 4.78 is 5.24. The second-order valence-electron chi connectivity index (χ2n) is 5.75. The average molecular weight is 226 g/mol. The monoisotopic (exact) mass is 226 g/mol. The van der Waals surface area contributed by atoms with Crippen molar-refractivity contribution in [2.75, 3.05) is 0 Å². The van der Waals surface area contributed by atoms with Crippen LogP contribution in [0.25, 0.3) is 0 Å². The van der Waals surface area contributed by atoms with Crippen LogP contribution in [0.15, 0.2) is 12.2 Å². The molecule has 2 heteroatoms. The average Bonchev–Trinajstić information content (AvgIpc) is 2.08. The van der Waals surface area contributed by atoms with E-state index < -0.39 is 5.60 Å². The molecule has 0 fully saturated rings. The second kappa shape index (κ2) is 6.72. The van der Waals surface area contributed by atoms with E-state index in [4.69, 9.17) is 4.74 Å². The standard InChI is InChI=1S/C14H26O2/c1-11(2)9-7-8-10-12(3)13(15)16-14(4,5)6/h11H,3,7-10H2,1-2,4-6H3. The molecule has 0 amide bonds. The molecular weight excluding hydrogens is 200 g/mol. The Morgan fingerprint density at radius 1 is 1.25 bits per heavy atom. The molecule has 2 nitrogen and oxygen atoms in total. The summed E-state index contributed by atoms with van der Waals surface area (Å²) in [6.07, 6.45) is 4.14. The molecule has 0 N–H and O–H groups in total. The summed E-state index contributed by atoms with van der Waals surface area (Å²) in [7, 11) is 0. The van der Waals surface area contributed by atoms with Gasteiger partial charge in [0.15, 0.2) is 0 Å². The van der Waals surface area contributed by atoms with Crippen molar-refractivity contribution in [3.8, 4) is 0 Å². The molecule has 0 radical (unpaired) electrons. The zero-order chi connectivity index (χ0) is 12.8. The van der Waals surface area contributed by atoms with Crippen LogP contribution in [0.5, 0.6) is 0 Å². The van der Waals surface area contributed by atoms with Crippen molar-refractivity contribution in [1.29, 1.82) is 0 Å². The zero-order valence-corrected chi connectivity index (χ0v) is 11.4. The highest BCUT2D eigenvalue weighted by atomic mass is 16.6. The summed E-state index contributed by atoms with van der Waals surface area (Å²) in [6.45, 7) is 13.8. The minimum absolute atomic E-state index is 0.253. The number of carbonyl (C=O) groups is 1. The highest BCUT2D eigenvalue weighted by Gasteiger charge is 2.18. The van der Waals surface area contributed by atoms with Crippen molar-refractivity contribution >= 4 is 5.97 Å². The molecular formula is C14H26O2. The first-order valence-electron chi connectivity index (χ1n) is 6.13. The van der Waals surface area contributed by atoms with Gasteiger partial charge in [-0.1, -0.05) is 33.3 Å². The van der Waals surface area contributed by atoms with E-state index in [1.807, 2.05) is 20.8 Å². The van der Waals surface area contributed by atoms with Crippen molar-refractivity contribution in [2.45, 2.75) is 65.9 Å². The third kappa shape index (κ3) is 8.51. The number of carbonyl (C=O) groups excluding carboxylic acids is 1. The van der Waals surface area contributed by atoms with E-state index in [2.05, 4.69) is 20.4 Å². The van der Waals surface area contributed by atoms with Gasteiger partial charge in [0.1, 0.15) is 5.60 Å². The number of ether oxygens (including phenoxy) is 1. The Labute approximate surface area is 100 Å². The molecule has 94 valence electrons. The molecule has 0 heterocycles. The summed E-state index contributed by atoms with van der Waals surface area (Å²) in [5, 5.41) is 0. The lowest BCUT2D eigenvalue weighted by molar-refractivity contribution is -0.150. The van der Waals surface area contributed by atoms with Gasteiger partial charge in [-0.25, -0.2) is 4.79 Å². The van der Waals surface area contributed by atoms with Crippen LogP contribution in [0, 0.1) is 5.92 Å². The Morgan fingerprint density at radius 3 is 2.25 bits per heavy atom. The van der Waals surface area contributed by atoms with E-state index in [1.165, 1.54) is 6.42 Å². The van der Waals surface area contributed by atoms with Crippen molar-refractivity contribution in [1.82, 2.24) is 0 Å². The van der Waals surface area contributed by atoms with Crippen molar-refractivity contribution in [3.63, 3.8) is 0 Å². The van der Waals surface area contributed by atoms with Gasteiger partial charge in [0.2, 0.25) is 0 Å². The normalized spacial score (nSPS) is 11.6. The van der Waals surface area contributed by atoms with Crippen LogP contribution in [0.2, 0.25) is 0 Å². The van der Waals surface area contributed by atoms with E-state index in [0.717, 1.165) is 25.2 Å². The Kier molecular flexibility index (Phi) is 6.39. The predicted molar refractivity (Wildman–Crippen MR) is 68.3 cm³/mol. The van der Waals surface area contributed by atoms with Gasteiger partial charge < -0.3 is 4.74 Å². The predicted octanol–water partition coefficient (Wildman–Crippen LogP) is 4.10. The van der Waals surface area contributed by atoms with E-state index in [-0.39, 0.29) is 5.97 Å². The van der Waals surface area contributed by atoms with Crippen LogP contribution in [0.4, 0.5) is 0 Å². The lowest BCUT2D eigenvalue weighted by atomic mass is 10.0.